The number of aromatic nitrogens is 4. The summed E-state index contributed by atoms with van der Waals surface area (Å²) in [6.07, 6.45) is 0. The van der Waals surface area contributed by atoms with E-state index < -0.39 is 10.0 Å². The summed E-state index contributed by atoms with van der Waals surface area (Å²) < 4.78 is 28.1. The maximum atomic E-state index is 12.4. The summed E-state index contributed by atoms with van der Waals surface area (Å²) in [6, 6.07) is 13.0. The van der Waals surface area contributed by atoms with Crippen LogP contribution in [0.1, 0.15) is 12.7 Å². The first-order valence-electron chi connectivity index (χ1n) is 8.89. The molecular weight excluding hydrogens is 394 g/mol. The molecule has 2 aromatic carbocycles. The van der Waals surface area contributed by atoms with Crippen LogP contribution in [0.3, 0.4) is 0 Å². The lowest BCUT2D eigenvalue weighted by Crippen LogP contribution is -2.22. The Balaban J connectivity index is 1.66. The highest BCUT2D eigenvalue weighted by Gasteiger charge is 2.19. The molecule has 0 amide bonds. The molecule has 2 aromatic heterocycles. The average Bonchev–Trinajstić information content (AvgIpc) is 3.25. The number of nitrogens with zero attached hydrogens (tertiary/aromatic N) is 4. The van der Waals surface area contributed by atoms with E-state index in [0.29, 0.717) is 11.3 Å². The first-order chi connectivity index (χ1) is 13.4. The monoisotopic (exact) mass is 415 g/mol. The van der Waals surface area contributed by atoms with Crippen LogP contribution in [0.15, 0.2) is 52.5 Å². The van der Waals surface area contributed by atoms with Crippen molar-refractivity contribution in [1.82, 2.24) is 23.8 Å². The van der Waals surface area contributed by atoms with Crippen molar-refractivity contribution in [3.05, 3.63) is 48.3 Å². The SMILES string of the molecule is CCn1c(CSc2nc3ccccc3[nH]2)nc2cc(S(=O)(=O)N(C)C)ccc21. The molecular formula is C19H21N5O2S2. The lowest BCUT2D eigenvalue weighted by atomic mass is 10.3. The molecule has 0 aliphatic rings. The van der Waals surface area contributed by atoms with Crippen molar-refractivity contribution in [3.8, 4) is 0 Å². The minimum absolute atomic E-state index is 0.252. The van der Waals surface area contributed by atoms with Crippen molar-refractivity contribution in [2.75, 3.05) is 14.1 Å². The molecule has 0 saturated carbocycles. The Labute approximate surface area is 167 Å². The molecule has 0 saturated heterocycles. The molecule has 9 heteroatoms. The number of aromatic amines is 1. The Bertz CT molecular complexity index is 1230. The fourth-order valence-corrected chi connectivity index (χ4v) is 4.88. The first-order valence-corrected chi connectivity index (χ1v) is 11.3. The molecule has 0 fully saturated rings. The Morgan fingerprint density at radius 1 is 1.11 bits per heavy atom. The second kappa shape index (κ2) is 7.23. The van der Waals surface area contributed by atoms with E-state index in [1.54, 1.807) is 23.9 Å². The van der Waals surface area contributed by atoms with Gasteiger partial charge in [0.05, 0.1) is 32.7 Å². The number of hydrogen-bond acceptors (Lipinski definition) is 5. The van der Waals surface area contributed by atoms with Gasteiger partial charge in [-0.05, 0) is 37.3 Å². The number of para-hydroxylation sites is 2. The van der Waals surface area contributed by atoms with Gasteiger partial charge in [-0.2, -0.15) is 0 Å². The smallest absolute Gasteiger partial charge is 0.242 e. The van der Waals surface area contributed by atoms with E-state index in [1.807, 2.05) is 30.3 Å². The van der Waals surface area contributed by atoms with Gasteiger partial charge in [0, 0.05) is 20.6 Å². The minimum atomic E-state index is -3.48. The van der Waals surface area contributed by atoms with Crippen molar-refractivity contribution >= 4 is 43.9 Å². The van der Waals surface area contributed by atoms with Gasteiger partial charge in [-0.1, -0.05) is 23.9 Å². The van der Waals surface area contributed by atoms with Gasteiger partial charge in [0.1, 0.15) is 5.82 Å². The molecule has 0 atom stereocenters. The summed E-state index contributed by atoms with van der Waals surface area (Å²) in [5.41, 5.74) is 3.56. The standard InChI is InChI=1S/C19H21N5O2S2/c1-4-24-17-10-9-13(28(25,26)23(2)3)11-16(17)20-18(24)12-27-19-21-14-7-5-6-8-15(14)22-19/h5-11H,4,12H2,1-3H3,(H,21,22). The number of nitrogens with one attached hydrogen (secondary N) is 1. The highest BCUT2D eigenvalue weighted by molar-refractivity contribution is 7.98. The topological polar surface area (TPSA) is 83.9 Å². The molecule has 4 rings (SSSR count). The average molecular weight is 416 g/mol. The van der Waals surface area contributed by atoms with E-state index in [9.17, 15) is 8.42 Å². The van der Waals surface area contributed by atoms with Crippen molar-refractivity contribution in [2.24, 2.45) is 0 Å². The maximum Gasteiger partial charge on any atom is 0.242 e. The second-order valence-electron chi connectivity index (χ2n) is 6.56. The molecule has 0 spiro atoms. The minimum Gasteiger partial charge on any atom is -0.333 e. The Morgan fingerprint density at radius 2 is 1.89 bits per heavy atom. The van der Waals surface area contributed by atoms with Crippen LogP contribution in [-0.2, 0) is 22.3 Å². The van der Waals surface area contributed by atoms with Gasteiger partial charge >= 0.3 is 0 Å². The molecule has 1 N–H and O–H groups in total. The number of benzene rings is 2. The van der Waals surface area contributed by atoms with Gasteiger partial charge in [-0.15, -0.1) is 0 Å². The highest BCUT2D eigenvalue weighted by Crippen LogP contribution is 2.27. The first kappa shape index (κ1) is 19.0. The normalized spacial score (nSPS) is 12.4. The third kappa shape index (κ3) is 3.30. The summed E-state index contributed by atoms with van der Waals surface area (Å²) in [7, 11) is -0.430. The molecule has 0 aliphatic heterocycles. The predicted molar refractivity (Wildman–Crippen MR) is 112 cm³/mol. The highest BCUT2D eigenvalue weighted by atomic mass is 32.2. The number of aryl methyl sites for hydroxylation is 1. The predicted octanol–water partition coefficient (Wildman–Crippen LogP) is 3.48. The van der Waals surface area contributed by atoms with Gasteiger partial charge in [0.15, 0.2) is 5.16 Å². The lowest BCUT2D eigenvalue weighted by Gasteiger charge is -2.11. The molecule has 0 radical (unpaired) electrons. The number of sulfonamides is 1. The van der Waals surface area contributed by atoms with Gasteiger partial charge in [0.25, 0.3) is 0 Å². The molecule has 28 heavy (non-hydrogen) atoms. The molecule has 0 unspecified atom stereocenters. The van der Waals surface area contributed by atoms with Crippen LogP contribution in [0.25, 0.3) is 22.1 Å². The fourth-order valence-electron chi connectivity index (χ4n) is 3.12. The number of fused-ring (bicyclic) bond motifs is 2. The zero-order chi connectivity index (χ0) is 19.9. The van der Waals surface area contributed by atoms with E-state index in [-0.39, 0.29) is 4.90 Å². The summed E-state index contributed by atoms with van der Waals surface area (Å²) in [5.74, 6) is 1.53. The zero-order valence-electron chi connectivity index (χ0n) is 15.9. The number of rotatable bonds is 6. The van der Waals surface area contributed by atoms with Crippen molar-refractivity contribution in [2.45, 2.75) is 29.3 Å². The van der Waals surface area contributed by atoms with Crippen LogP contribution in [0.2, 0.25) is 0 Å². The summed E-state index contributed by atoms with van der Waals surface area (Å²) in [5, 5.41) is 0.840. The van der Waals surface area contributed by atoms with Crippen LogP contribution >= 0.6 is 11.8 Å². The van der Waals surface area contributed by atoms with E-state index in [1.165, 1.54) is 18.4 Å². The number of hydrogen-bond donors (Lipinski definition) is 1. The molecule has 2 heterocycles. The molecule has 0 bridgehead atoms. The van der Waals surface area contributed by atoms with E-state index in [0.717, 1.165) is 34.1 Å². The Morgan fingerprint density at radius 3 is 2.61 bits per heavy atom. The summed E-state index contributed by atoms with van der Waals surface area (Å²) in [6.45, 7) is 2.81. The van der Waals surface area contributed by atoms with E-state index >= 15 is 0 Å². The molecule has 146 valence electrons. The fraction of sp³-hybridized carbons (Fsp3) is 0.263. The quantitative estimate of drug-likeness (QED) is 0.488. The third-order valence-electron chi connectivity index (χ3n) is 4.60. The van der Waals surface area contributed by atoms with Crippen LogP contribution < -0.4 is 0 Å². The van der Waals surface area contributed by atoms with Gasteiger partial charge in [0.2, 0.25) is 10.0 Å². The Kier molecular flexibility index (Phi) is 4.90. The molecule has 0 aliphatic carbocycles. The molecule has 7 nitrogen and oxygen atoms in total. The van der Waals surface area contributed by atoms with Gasteiger partial charge < -0.3 is 9.55 Å². The van der Waals surface area contributed by atoms with Crippen LogP contribution in [0.5, 0.6) is 0 Å². The number of thioether (sulfide) groups is 1. The van der Waals surface area contributed by atoms with E-state index in [2.05, 4.69) is 21.5 Å². The maximum absolute atomic E-state index is 12.4. The van der Waals surface area contributed by atoms with Crippen LogP contribution in [0.4, 0.5) is 0 Å². The Hall–Kier alpha value is -2.36. The second-order valence-corrected chi connectivity index (χ2v) is 9.67. The van der Waals surface area contributed by atoms with Crippen LogP contribution in [0, 0.1) is 0 Å². The zero-order valence-corrected chi connectivity index (χ0v) is 17.5. The largest absolute Gasteiger partial charge is 0.333 e. The lowest BCUT2D eigenvalue weighted by molar-refractivity contribution is 0.521. The van der Waals surface area contributed by atoms with Crippen molar-refractivity contribution in [3.63, 3.8) is 0 Å². The van der Waals surface area contributed by atoms with Crippen molar-refractivity contribution in [1.29, 1.82) is 0 Å². The van der Waals surface area contributed by atoms with Gasteiger partial charge in [-0.25, -0.2) is 22.7 Å². The third-order valence-corrected chi connectivity index (χ3v) is 7.28. The number of imidazole rings is 2. The van der Waals surface area contributed by atoms with Gasteiger partial charge in [-0.3, -0.25) is 0 Å². The number of H-pyrrole nitrogens is 1. The summed E-state index contributed by atoms with van der Waals surface area (Å²) >= 11 is 1.58. The summed E-state index contributed by atoms with van der Waals surface area (Å²) in [4.78, 5) is 12.9. The molecule has 4 aromatic rings. The van der Waals surface area contributed by atoms with Crippen LogP contribution in [-0.4, -0.2) is 46.3 Å². The van der Waals surface area contributed by atoms with E-state index in [4.69, 9.17) is 4.98 Å². The van der Waals surface area contributed by atoms with Crippen molar-refractivity contribution < 1.29 is 8.42 Å².